The third kappa shape index (κ3) is 2.04. The summed E-state index contributed by atoms with van der Waals surface area (Å²) in [5, 5.41) is 3.26. The van der Waals surface area contributed by atoms with Crippen LogP contribution in [-0.4, -0.2) is 12.0 Å². The van der Waals surface area contributed by atoms with Crippen LogP contribution < -0.4 is 11.1 Å². The van der Waals surface area contributed by atoms with Crippen molar-refractivity contribution in [3.63, 3.8) is 0 Å². The number of nitrogens with two attached hydrogens (primary N) is 1. The van der Waals surface area contributed by atoms with Crippen LogP contribution >= 0.6 is 0 Å². The molecule has 1 atom stereocenters. The highest BCUT2D eigenvalue weighted by atomic mass is 14.9. The molecule has 0 aliphatic rings. The van der Waals surface area contributed by atoms with Gasteiger partial charge in [-0.2, -0.15) is 0 Å². The number of hydrogen-bond donors (Lipinski definition) is 2. The molecule has 0 aliphatic heterocycles. The zero-order valence-electron chi connectivity index (χ0n) is 9.22. The predicted octanol–water partition coefficient (Wildman–Crippen LogP) is 1.97. The standard InChI is InChI=1S/C13H15N3/c1-15-12(10-6-3-2-4-7-10)11-8-5-9-16-13(11)14/h2-9,12,15H,1H3,(H2,14,16). The monoisotopic (exact) mass is 213 g/mol. The quantitative estimate of drug-likeness (QED) is 0.819. The Morgan fingerprint density at radius 1 is 1.12 bits per heavy atom. The second-order valence-corrected chi connectivity index (χ2v) is 3.61. The summed E-state index contributed by atoms with van der Waals surface area (Å²) in [5.41, 5.74) is 8.08. The Kier molecular flexibility index (Phi) is 3.17. The van der Waals surface area contributed by atoms with Gasteiger partial charge < -0.3 is 11.1 Å². The molecule has 2 rings (SSSR count). The second-order valence-electron chi connectivity index (χ2n) is 3.61. The van der Waals surface area contributed by atoms with E-state index in [-0.39, 0.29) is 6.04 Å². The summed E-state index contributed by atoms with van der Waals surface area (Å²) in [6.07, 6.45) is 1.70. The molecular weight excluding hydrogens is 198 g/mol. The van der Waals surface area contributed by atoms with Crippen LogP contribution in [-0.2, 0) is 0 Å². The third-order valence-electron chi connectivity index (χ3n) is 2.60. The lowest BCUT2D eigenvalue weighted by molar-refractivity contribution is 0.691. The van der Waals surface area contributed by atoms with E-state index < -0.39 is 0 Å². The van der Waals surface area contributed by atoms with Crippen molar-refractivity contribution in [2.75, 3.05) is 12.8 Å². The molecular formula is C13H15N3. The van der Waals surface area contributed by atoms with Gasteiger partial charge >= 0.3 is 0 Å². The van der Waals surface area contributed by atoms with Gasteiger partial charge in [0.25, 0.3) is 0 Å². The Hall–Kier alpha value is -1.87. The molecule has 3 heteroatoms. The maximum atomic E-state index is 5.88. The van der Waals surface area contributed by atoms with E-state index in [0.717, 1.165) is 5.56 Å². The van der Waals surface area contributed by atoms with Crippen LogP contribution in [0.3, 0.4) is 0 Å². The molecule has 1 heterocycles. The Morgan fingerprint density at radius 2 is 1.88 bits per heavy atom. The minimum Gasteiger partial charge on any atom is -0.383 e. The molecule has 0 saturated heterocycles. The smallest absolute Gasteiger partial charge is 0.128 e. The molecule has 0 saturated carbocycles. The Morgan fingerprint density at radius 3 is 2.50 bits per heavy atom. The van der Waals surface area contributed by atoms with Gasteiger partial charge in [-0.3, -0.25) is 0 Å². The molecule has 3 nitrogen and oxygen atoms in total. The van der Waals surface area contributed by atoms with Gasteiger partial charge in [-0.05, 0) is 18.7 Å². The summed E-state index contributed by atoms with van der Waals surface area (Å²) in [6.45, 7) is 0. The molecule has 0 amide bonds. The maximum absolute atomic E-state index is 5.88. The van der Waals surface area contributed by atoms with E-state index >= 15 is 0 Å². The van der Waals surface area contributed by atoms with Gasteiger partial charge in [-0.1, -0.05) is 36.4 Å². The third-order valence-corrected chi connectivity index (χ3v) is 2.60. The van der Waals surface area contributed by atoms with Crippen molar-refractivity contribution in [2.24, 2.45) is 0 Å². The van der Waals surface area contributed by atoms with E-state index in [4.69, 9.17) is 5.73 Å². The van der Waals surface area contributed by atoms with E-state index in [9.17, 15) is 0 Å². The number of nitrogens with one attached hydrogen (secondary N) is 1. The van der Waals surface area contributed by atoms with Crippen molar-refractivity contribution in [2.45, 2.75) is 6.04 Å². The topological polar surface area (TPSA) is 50.9 Å². The lowest BCUT2D eigenvalue weighted by Crippen LogP contribution is -2.19. The van der Waals surface area contributed by atoms with Gasteiger partial charge in [-0.25, -0.2) is 4.98 Å². The van der Waals surface area contributed by atoms with Crippen molar-refractivity contribution in [3.05, 3.63) is 59.8 Å². The first kappa shape index (κ1) is 10.6. The highest BCUT2D eigenvalue weighted by Gasteiger charge is 2.14. The number of rotatable bonds is 3. The number of aromatic nitrogens is 1. The Labute approximate surface area is 95.3 Å². The van der Waals surface area contributed by atoms with E-state index in [1.165, 1.54) is 5.56 Å². The van der Waals surface area contributed by atoms with E-state index in [2.05, 4.69) is 22.4 Å². The summed E-state index contributed by atoms with van der Waals surface area (Å²) >= 11 is 0. The summed E-state index contributed by atoms with van der Waals surface area (Å²) in [5.74, 6) is 0.575. The molecule has 0 spiro atoms. The van der Waals surface area contributed by atoms with E-state index in [1.54, 1.807) is 6.20 Å². The van der Waals surface area contributed by atoms with E-state index in [0.29, 0.717) is 5.82 Å². The fourth-order valence-corrected chi connectivity index (χ4v) is 1.82. The number of pyridine rings is 1. The molecule has 0 fully saturated rings. The molecule has 1 aromatic carbocycles. The van der Waals surface area contributed by atoms with Crippen molar-refractivity contribution < 1.29 is 0 Å². The Balaban J connectivity index is 2.41. The summed E-state index contributed by atoms with van der Waals surface area (Å²) in [4.78, 5) is 4.11. The largest absolute Gasteiger partial charge is 0.383 e. The van der Waals surface area contributed by atoms with Crippen LogP contribution in [0.25, 0.3) is 0 Å². The van der Waals surface area contributed by atoms with Gasteiger partial charge in [0.05, 0.1) is 6.04 Å². The van der Waals surface area contributed by atoms with Crippen LogP contribution in [0.1, 0.15) is 17.2 Å². The summed E-state index contributed by atoms with van der Waals surface area (Å²) in [6, 6.07) is 14.2. The SMILES string of the molecule is CNC(c1ccccc1)c1cccnc1N. The van der Waals surface area contributed by atoms with Gasteiger partial charge in [0, 0.05) is 11.8 Å². The van der Waals surface area contributed by atoms with Gasteiger partial charge in [0.15, 0.2) is 0 Å². The van der Waals surface area contributed by atoms with Gasteiger partial charge in [0.2, 0.25) is 0 Å². The molecule has 0 radical (unpaired) electrons. The number of anilines is 1. The Bertz CT molecular complexity index is 454. The second kappa shape index (κ2) is 4.77. The minimum absolute atomic E-state index is 0.0925. The lowest BCUT2D eigenvalue weighted by Gasteiger charge is -2.18. The van der Waals surface area contributed by atoms with Crippen LogP contribution in [0.5, 0.6) is 0 Å². The van der Waals surface area contributed by atoms with Crippen molar-refractivity contribution in [1.29, 1.82) is 0 Å². The molecule has 0 bridgehead atoms. The fraction of sp³-hybridized carbons (Fsp3) is 0.154. The molecule has 2 aromatic rings. The van der Waals surface area contributed by atoms with E-state index in [1.807, 2.05) is 37.4 Å². The molecule has 1 unspecified atom stereocenters. The van der Waals surface area contributed by atoms with Gasteiger partial charge in [0.1, 0.15) is 5.82 Å². The van der Waals surface area contributed by atoms with Crippen molar-refractivity contribution in [1.82, 2.24) is 10.3 Å². The van der Waals surface area contributed by atoms with Gasteiger partial charge in [-0.15, -0.1) is 0 Å². The molecule has 3 N–H and O–H groups in total. The molecule has 16 heavy (non-hydrogen) atoms. The van der Waals surface area contributed by atoms with Crippen molar-refractivity contribution in [3.8, 4) is 0 Å². The first-order valence-electron chi connectivity index (χ1n) is 5.25. The number of nitrogen functional groups attached to an aromatic ring is 1. The minimum atomic E-state index is 0.0925. The molecule has 0 aliphatic carbocycles. The summed E-state index contributed by atoms with van der Waals surface area (Å²) in [7, 11) is 1.92. The average Bonchev–Trinajstić information content (AvgIpc) is 2.34. The number of hydrogen-bond acceptors (Lipinski definition) is 3. The van der Waals surface area contributed by atoms with Crippen LogP contribution in [0.15, 0.2) is 48.7 Å². The highest BCUT2D eigenvalue weighted by molar-refractivity contribution is 5.45. The first-order valence-corrected chi connectivity index (χ1v) is 5.25. The number of nitrogens with zero attached hydrogens (tertiary/aromatic N) is 1. The zero-order chi connectivity index (χ0) is 11.4. The zero-order valence-corrected chi connectivity index (χ0v) is 9.22. The maximum Gasteiger partial charge on any atom is 0.128 e. The first-order chi connectivity index (χ1) is 7.83. The number of benzene rings is 1. The van der Waals surface area contributed by atoms with Crippen molar-refractivity contribution >= 4 is 5.82 Å². The predicted molar refractivity (Wildman–Crippen MR) is 66.0 cm³/mol. The van der Waals surface area contributed by atoms with Crippen LogP contribution in [0, 0.1) is 0 Å². The molecule has 1 aromatic heterocycles. The summed E-state index contributed by atoms with van der Waals surface area (Å²) < 4.78 is 0. The highest BCUT2D eigenvalue weighted by Crippen LogP contribution is 2.24. The molecule has 82 valence electrons. The average molecular weight is 213 g/mol. The lowest BCUT2D eigenvalue weighted by atomic mass is 9.99. The van der Waals surface area contributed by atoms with Crippen LogP contribution in [0.4, 0.5) is 5.82 Å². The fourth-order valence-electron chi connectivity index (χ4n) is 1.82. The van der Waals surface area contributed by atoms with Crippen LogP contribution in [0.2, 0.25) is 0 Å². The normalized spacial score (nSPS) is 12.3.